The van der Waals surface area contributed by atoms with Gasteiger partial charge >= 0.3 is 6.18 Å². The Labute approximate surface area is 63.2 Å². The van der Waals surface area contributed by atoms with E-state index >= 15 is 0 Å². The van der Waals surface area contributed by atoms with E-state index in [-0.39, 0.29) is 0 Å². The van der Waals surface area contributed by atoms with Gasteiger partial charge in [0, 0.05) is 0 Å². The van der Waals surface area contributed by atoms with E-state index in [1.807, 2.05) is 0 Å². The number of hydrogen-bond acceptors (Lipinski definition) is 1. The van der Waals surface area contributed by atoms with E-state index in [1.54, 1.807) is 0 Å². The fraction of sp³-hybridized carbons (Fsp3) is 1.00. The molecule has 1 nitrogen and oxygen atoms in total. The smallest absolute Gasteiger partial charge is 0.390 e. The van der Waals surface area contributed by atoms with Crippen LogP contribution in [0.4, 0.5) is 13.2 Å². The maximum atomic E-state index is 11.8. The van der Waals surface area contributed by atoms with Crippen LogP contribution in [-0.4, -0.2) is 16.9 Å². The van der Waals surface area contributed by atoms with Gasteiger partial charge in [-0.25, -0.2) is 0 Å². The first-order valence-electron chi connectivity index (χ1n) is 3.70. The highest BCUT2D eigenvalue weighted by Crippen LogP contribution is 2.38. The highest BCUT2D eigenvalue weighted by Gasteiger charge is 2.42. The van der Waals surface area contributed by atoms with Crippen molar-refractivity contribution in [2.75, 3.05) is 0 Å². The molecule has 66 valence electrons. The second-order valence-electron chi connectivity index (χ2n) is 3.22. The molecule has 0 spiro atoms. The van der Waals surface area contributed by atoms with E-state index in [9.17, 15) is 18.3 Å². The summed E-state index contributed by atoms with van der Waals surface area (Å²) in [6, 6.07) is 0. The van der Waals surface area contributed by atoms with Gasteiger partial charge in [-0.2, -0.15) is 13.2 Å². The van der Waals surface area contributed by atoms with E-state index in [1.165, 1.54) is 0 Å². The van der Waals surface area contributed by atoms with Crippen molar-refractivity contribution in [2.45, 2.75) is 43.9 Å². The fourth-order valence-electron chi connectivity index (χ4n) is 1.58. The summed E-state index contributed by atoms with van der Waals surface area (Å²) in [7, 11) is 0. The van der Waals surface area contributed by atoms with Crippen molar-refractivity contribution in [2.24, 2.45) is 0 Å². The zero-order valence-electron chi connectivity index (χ0n) is 6.12. The maximum absolute atomic E-state index is 11.8. The average Bonchev–Trinajstić information content (AvgIpc) is 2.09. The van der Waals surface area contributed by atoms with Crippen molar-refractivity contribution in [3.8, 4) is 0 Å². The van der Waals surface area contributed by atoms with Gasteiger partial charge in [-0.15, -0.1) is 0 Å². The van der Waals surface area contributed by atoms with E-state index in [2.05, 4.69) is 0 Å². The first-order valence-corrected chi connectivity index (χ1v) is 3.70. The molecular weight excluding hydrogens is 157 g/mol. The number of rotatable bonds is 1. The minimum Gasteiger partial charge on any atom is -0.390 e. The number of hydrogen-bond donors (Lipinski definition) is 1. The second-order valence-corrected chi connectivity index (χ2v) is 3.22. The van der Waals surface area contributed by atoms with Crippen LogP contribution in [-0.2, 0) is 0 Å². The van der Waals surface area contributed by atoms with E-state index in [0.29, 0.717) is 25.7 Å². The van der Waals surface area contributed by atoms with Crippen molar-refractivity contribution in [3.05, 3.63) is 0 Å². The largest absolute Gasteiger partial charge is 0.391 e. The molecule has 0 saturated heterocycles. The summed E-state index contributed by atoms with van der Waals surface area (Å²) in [5.74, 6) is 0. The van der Waals surface area contributed by atoms with Crippen molar-refractivity contribution in [1.82, 2.24) is 0 Å². The molecule has 1 N–H and O–H groups in total. The van der Waals surface area contributed by atoms with E-state index in [4.69, 9.17) is 0 Å². The number of aliphatic hydroxyl groups is 1. The van der Waals surface area contributed by atoms with Crippen LogP contribution >= 0.6 is 0 Å². The molecule has 1 saturated carbocycles. The molecular formula is C7H11F3O. The van der Waals surface area contributed by atoms with Gasteiger partial charge in [0.2, 0.25) is 0 Å². The van der Waals surface area contributed by atoms with Gasteiger partial charge in [-0.1, -0.05) is 12.8 Å². The Morgan fingerprint density at radius 1 is 1.18 bits per heavy atom. The summed E-state index contributed by atoms with van der Waals surface area (Å²) >= 11 is 0. The number of alkyl halides is 3. The minimum absolute atomic E-state index is 0.298. The fourth-order valence-corrected chi connectivity index (χ4v) is 1.58. The SMILES string of the molecule is OC1(CC(F)(F)F)CCCC1. The molecule has 0 radical (unpaired) electrons. The van der Waals surface area contributed by atoms with Crippen molar-refractivity contribution in [1.29, 1.82) is 0 Å². The van der Waals surface area contributed by atoms with Crippen LogP contribution in [0.25, 0.3) is 0 Å². The molecule has 11 heavy (non-hydrogen) atoms. The Morgan fingerprint density at radius 3 is 2.00 bits per heavy atom. The third-order valence-corrected chi connectivity index (χ3v) is 2.06. The van der Waals surface area contributed by atoms with Gasteiger partial charge in [-0.05, 0) is 12.8 Å². The van der Waals surface area contributed by atoms with Crippen LogP contribution in [0.2, 0.25) is 0 Å². The molecule has 0 aliphatic heterocycles. The van der Waals surface area contributed by atoms with Gasteiger partial charge in [0.25, 0.3) is 0 Å². The Hall–Kier alpha value is -0.250. The van der Waals surface area contributed by atoms with Crippen LogP contribution in [0.3, 0.4) is 0 Å². The van der Waals surface area contributed by atoms with Crippen LogP contribution in [0, 0.1) is 0 Å². The predicted molar refractivity (Wildman–Crippen MR) is 34.1 cm³/mol. The molecule has 4 heteroatoms. The minimum atomic E-state index is -4.22. The molecule has 0 amide bonds. The standard InChI is InChI=1S/C7H11F3O/c8-7(9,10)5-6(11)3-1-2-4-6/h11H,1-5H2. The second kappa shape index (κ2) is 2.66. The zero-order chi connectivity index (χ0) is 8.54. The van der Waals surface area contributed by atoms with Crippen LogP contribution in [0.15, 0.2) is 0 Å². The Kier molecular flexibility index (Phi) is 2.14. The van der Waals surface area contributed by atoms with E-state index < -0.39 is 18.2 Å². The Bertz CT molecular complexity index is 135. The van der Waals surface area contributed by atoms with Gasteiger partial charge in [0.15, 0.2) is 0 Å². The lowest BCUT2D eigenvalue weighted by atomic mass is 9.98. The lowest BCUT2D eigenvalue weighted by Gasteiger charge is -2.22. The Balaban J connectivity index is 2.46. The van der Waals surface area contributed by atoms with Crippen LogP contribution in [0.1, 0.15) is 32.1 Å². The molecule has 0 unspecified atom stereocenters. The zero-order valence-corrected chi connectivity index (χ0v) is 6.12. The van der Waals surface area contributed by atoms with Crippen molar-refractivity contribution >= 4 is 0 Å². The van der Waals surface area contributed by atoms with Gasteiger partial charge in [0.1, 0.15) is 0 Å². The highest BCUT2D eigenvalue weighted by atomic mass is 19.4. The summed E-state index contributed by atoms with van der Waals surface area (Å²) in [4.78, 5) is 0. The summed E-state index contributed by atoms with van der Waals surface area (Å²) in [6.07, 6.45) is -3.24. The lowest BCUT2D eigenvalue weighted by molar-refractivity contribution is -0.174. The average molecular weight is 168 g/mol. The molecule has 0 atom stereocenters. The molecule has 1 rings (SSSR count). The summed E-state index contributed by atoms with van der Waals surface area (Å²) in [6.45, 7) is 0. The first kappa shape index (κ1) is 8.84. The van der Waals surface area contributed by atoms with Crippen LogP contribution in [0.5, 0.6) is 0 Å². The first-order chi connectivity index (χ1) is 4.91. The summed E-state index contributed by atoms with van der Waals surface area (Å²) in [5, 5.41) is 9.31. The molecule has 1 fully saturated rings. The normalized spacial score (nSPS) is 24.0. The molecule has 1 aliphatic carbocycles. The van der Waals surface area contributed by atoms with Gasteiger partial charge in [-0.3, -0.25) is 0 Å². The van der Waals surface area contributed by atoms with Gasteiger partial charge in [0.05, 0.1) is 12.0 Å². The summed E-state index contributed by atoms with van der Waals surface area (Å²) < 4.78 is 35.4. The van der Waals surface area contributed by atoms with E-state index in [0.717, 1.165) is 0 Å². The molecule has 0 aromatic carbocycles. The van der Waals surface area contributed by atoms with Crippen molar-refractivity contribution < 1.29 is 18.3 Å². The molecule has 1 aliphatic rings. The molecule has 0 aromatic rings. The number of halogens is 3. The summed E-state index contributed by atoms with van der Waals surface area (Å²) in [5.41, 5.74) is -1.45. The molecule has 0 bridgehead atoms. The highest BCUT2D eigenvalue weighted by molar-refractivity contribution is 4.86. The molecule has 0 heterocycles. The predicted octanol–water partition coefficient (Wildman–Crippen LogP) is 2.24. The third-order valence-electron chi connectivity index (χ3n) is 2.06. The quantitative estimate of drug-likeness (QED) is 0.636. The monoisotopic (exact) mass is 168 g/mol. The van der Waals surface area contributed by atoms with Crippen LogP contribution < -0.4 is 0 Å². The maximum Gasteiger partial charge on any atom is 0.391 e. The topological polar surface area (TPSA) is 20.2 Å². The third kappa shape index (κ3) is 2.69. The Morgan fingerprint density at radius 2 is 1.64 bits per heavy atom. The van der Waals surface area contributed by atoms with Crippen molar-refractivity contribution in [3.63, 3.8) is 0 Å². The van der Waals surface area contributed by atoms with Gasteiger partial charge < -0.3 is 5.11 Å². The molecule has 0 aromatic heterocycles. The lowest BCUT2D eigenvalue weighted by Crippen LogP contribution is -2.31.